The van der Waals surface area contributed by atoms with Gasteiger partial charge in [0.1, 0.15) is 11.4 Å². The average molecular weight is 398 g/mol. The molecule has 2 aromatic rings. The summed E-state index contributed by atoms with van der Waals surface area (Å²) >= 11 is 1.46. The number of carbonyl (C=O) groups is 3. The van der Waals surface area contributed by atoms with Crippen LogP contribution in [0.15, 0.2) is 30.3 Å². The number of fused-ring (bicyclic) bond motifs is 2. The zero-order chi connectivity index (χ0) is 19.8. The second-order valence-corrected chi connectivity index (χ2v) is 8.58. The van der Waals surface area contributed by atoms with E-state index in [2.05, 4.69) is 12.2 Å². The van der Waals surface area contributed by atoms with E-state index in [-0.39, 0.29) is 12.5 Å². The number of carbonyl (C=O) groups excluding carboxylic acids is 3. The van der Waals surface area contributed by atoms with Crippen LogP contribution in [0.3, 0.4) is 0 Å². The van der Waals surface area contributed by atoms with Gasteiger partial charge < -0.3 is 10.1 Å². The molecule has 4 rings (SSSR count). The second kappa shape index (κ2) is 7.39. The van der Waals surface area contributed by atoms with E-state index in [1.807, 2.05) is 6.07 Å². The van der Waals surface area contributed by atoms with Crippen LogP contribution in [0.2, 0.25) is 0 Å². The molecular weight excluding hydrogens is 376 g/mol. The summed E-state index contributed by atoms with van der Waals surface area (Å²) in [6.45, 7) is 3.67. The number of nitrogens with zero attached hydrogens (tertiary/aromatic N) is 1. The molecule has 0 spiro atoms. The Labute approximate surface area is 167 Å². The fourth-order valence-electron chi connectivity index (χ4n) is 3.72. The molecule has 6 nitrogen and oxygen atoms in total. The Morgan fingerprint density at radius 2 is 2.11 bits per heavy atom. The number of para-hydroxylation sites is 2. The number of hydrogen-bond donors (Lipinski definition) is 1. The van der Waals surface area contributed by atoms with E-state index in [0.29, 0.717) is 22.2 Å². The molecule has 0 fully saturated rings. The lowest BCUT2D eigenvalue weighted by Crippen LogP contribution is -2.47. The lowest BCUT2D eigenvalue weighted by atomic mass is 9.90. The van der Waals surface area contributed by atoms with Gasteiger partial charge in [-0.05, 0) is 55.9 Å². The maximum Gasteiger partial charge on any atom is 0.349 e. The SMILES string of the molecule is C[C@@H]1CCc2sc(C(=O)O[C@@H](C)C(=O)N3CC(=O)Nc4ccccc43)cc2C1. The van der Waals surface area contributed by atoms with Crippen molar-refractivity contribution in [3.05, 3.63) is 45.6 Å². The van der Waals surface area contributed by atoms with Crippen LogP contribution in [0.4, 0.5) is 11.4 Å². The van der Waals surface area contributed by atoms with Gasteiger partial charge >= 0.3 is 5.97 Å². The highest BCUT2D eigenvalue weighted by atomic mass is 32.1. The summed E-state index contributed by atoms with van der Waals surface area (Å²) in [5.74, 6) is -0.546. The van der Waals surface area contributed by atoms with E-state index in [1.54, 1.807) is 31.2 Å². The second-order valence-electron chi connectivity index (χ2n) is 7.44. The maximum absolute atomic E-state index is 12.9. The average Bonchev–Trinajstić information content (AvgIpc) is 3.10. The number of amides is 2. The van der Waals surface area contributed by atoms with Crippen LogP contribution in [0.25, 0.3) is 0 Å². The third-order valence-corrected chi connectivity index (χ3v) is 6.42. The van der Waals surface area contributed by atoms with E-state index < -0.39 is 18.0 Å². The monoisotopic (exact) mass is 398 g/mol. The van der Waals surface area contributed by atoms with Crippen LogP contribution in [-0.2, 0) is 27.2 Å². The Kier molecular flexibility index (Phi) is 4.93. The van der Waals surface area contributed by atoms with Gasteiger partial charge in [0.15, 0.2) is 6.10 Å². The smallest absolute Gasteiger partial charge is 0.349 e. The molecule has 1 aromatic carbocycles. The van der Waals surface area contributed by atoms with Gasteiger partial charge in [0.25, 0.3) is 5.91 Å². The summed E-state index contributed by atoms with van der Waals surface area (Å²) < 4.78 is 5.45. The van der Waals surface area contributed by atoms with E-state index >= 15 is 0 Å². The van der Waals surface area contributed by atoms with Gasteiger partial charge in [-0.15, -0.1) is 11.3 Å². The highest BCUT2D eigenvalue weighted by Crippen LogP contribution is 2.33. The van der Waals surface area contributed by atoms with E-state index in [9.17, 15) is 14.4 Å². The number of rotatable bonds is 3. The van der Waals surface area contributed by atoms with Crippen molar-refractivity contribution >= 4 is 40.5 Å². The first-order valence-corrected chi connectivity index (χ1v) is 10.3. The molecule has 28 heavy (non-hydrogen) atoms. The number of ether oxygens (including phenoxy) is 1. The Hall–Kier alpha value is -2.67. The van der Waals surface area contributed by atoms with Crippen molar-refractivity contribution < 1.29 is 19.1 Å². The van der Waals surface area contributed by atoms with Gasteiger partial charge in [-0.25, -0.2) is 4.79 Å². The molecule has 2 heterocycles. The first-order chi connectivity index (χ1) is 13.4. The van der Waals surface area contributed by atoms with Crippen LogP contribution in [-0.4, -0.2) is 30.4 Å². The largest absolute Gasteiger partial charge is 0.448 e. The van der Waals surface area contributed by atoms with E-state index in [1.165, 1.54) is 26.7 Å². The van der Waals surface area contributed by atoms with Crippen molar-refractivity contribution in [3.8, 4) is 0 Å². The third kappa shape index (κ3) is 3.54. The summed E-state index contributed by atoms with van der Waals surface area (Å²) in [6, 6.07) is 8.98. The maximum atomic E-state index is 12.9. The topological polar surface area (TPSA) is 75.7 Å². The van der Waals surface area contributed by atoms with Gasteiger partial charge in [-0.2, -0.15) is 0 Å². The Morgan fingerprint density at radius 3 is 2.93 bits per heavy atom. The number of anilines is 2. The number of nitrogens with one attached hydrogen (secondary N) is 1. The van der Waals surface area contributed by atoms with Gasteiger partial charge in [-0.1, -0.05) is 19.1 Å². The molecule has 2 amide bonds. The zero-order valence-corrected chi connectivity index (χ0v) is 16.7. The minimum absolute atomic E-state index is 0.0943. The molecule has 1 aromatic heterocycles. The van der Waals surface area contributed by atoms with Crippen LogP contribution >= 0.6 is 11.3 Å². The van der Waals surface area contributed by atoms with Crippen LogP contribution < -0.4 is 10.2 Å². The van der Waals surface area contributed by atoms with Crippen molar-refractivity contribution in [3.63, 3.8) is 0 Å². The van der Waals surface area contributed by atoms with Gasteiger partial charge in [0.05, 0.1) is 11.4 Å². The Balaban J connectivity index is 1.48. The number of hydrogen-bond acceptors (Lipinski definition) is 5. The molecule has 1 N–H and O–H groups in total. The summed E-state index contributed by atoms with van der Waals surface area (Å²) in [5, 5.41) is 2.74. The van der Waals surface area contributed by atoms with Crippen molar-refractivity contribution in [2.45, 2.75) is 39.2 Å². The fourth-order valence-corrected chi connectivity index (χ4v) is 4.82. The van der Waals surface area contributed by atoms with Crippen molar-refractivity contribution in [2.75, 3.05) is 16.8 Å². The lowest BCUT2D eigenvalue weighted by Gasteiger charge is -2.30. The molecule has 1 aliphatic carbocycles. The van der Waals surface area contributed by atoms with Crippen LogP contribution in [0, 0.1) is 5.92 Å². The number of esters is 1. The first kappa shape index (κ1) is 18.7. The molecule has 0 radical (unpaired) electrons. The van der Waals surface area contributed by atoms with Crippen molar-refractivity contribution in [2.24, 2.45) is 5.92 Å². The first-order valence-electron chi connectivity index (χ1n) is 9.45. The minimum Gasteiger partial charge on any atom is -0.448 e. The lowest BCUT2D eigenvalue weighted by molar-refractivity contribution is -0.128. The van der Waals surface area contributed by atoms with Gasteiger partial charge in [-0.3, -0.25) is 14.5 Å². The Bertz CT molecular complexity index is 952. The summed E-state index contributed by atoms with van der Waals surface area (Å²) in [7, 11) is 0. The predicted octanol–water partition coefficient (Wildman–Crippen LogP) is 3.40. The molecule has 0 unspecified atom stereocenters. The summed E-state index contributed by atoms with van der Waals surface area (Å²) in [6.07, 6.45) is 2.12. The molecule has 2 aliphatic rings. The molecule has 1 aliphatic heterocycles. The molecule has 2 atom stereocenters. The van der Waals surface area contributed by atoms with Crippen LogP contribution in [0.5, 0.6) is 0 Å². The summed E-state index contributed by atoms with van der Waals surface area (Å²) in [4.78, 5) is 40.6. The van der Waals surface area contributed by atoms with Crippen molar-refractivity contribution in [1.29, 1.82) is 0 Å². The molecular formula is C21H22N2O4S. The zero-order valence-electron chi connectivity index (χ0n) is 15.9. The molecule has 0 bridgehead atoms. The number of thiophene rings is 1. The normalized spacial score (nSPS) is 19.3. The van der Waals surface area contributed by atoms with E-state index in [0.717, 1.165) is 19.3 Å². The minimum atomic E-state index is -0.982. The number of aryl methyl sites for hydroxylation is 1. The quantitative estimate of drug-likeness (QED) is 0.804. The summed E-state index contributed by atoms with van der Waals surface area (Å²) in [5.41, 5.74) is 2.40. The molecule has 146 valence electrons. The van der Waals surface area contributed by atoms with E-state index in [4.69, 9.17) is 4.74 Å². The van der Waals surface area contributed by atoms with Crippen molar-refractivity contribution in [1.82, 2.24) is 0 Å². The fraction of sp³-hybridized carbons (Fsp3) is 0.381. The van der Waals surface area contributed by atoms with Crippen LogP contribution in [0.1, 0.15) is 40.4 Å². The standard InChI is InChI=1S/C21H22N2O4S/c1-12-7-8-17-14(9-12)10-18(28-17)21(26)27-13(2)20(25)23-11-19(24)22-15-5-3-4-6-16(15)23/h3-6,10,12-13H,7-9,11H2,1-2H3,(H,22,24)/t12-,13+/m1/s1. The molecule has 0 saturated heterocycles. The highest BCUT2D eigenvalue weighted by Gasteiger charge is 2.32. The third-order valence-electron chi connectivity index (χ3n) is 5.20. The molecule has 7 heteroatoms. The van der Waals surface area contributed by atoms with Gasteiger partial charge in [0, 0.05) is 4.88 Å². The predicted molar refractivity (Wildman–Crippen MR) is 108 cm³/mol. The molecule has 0 saturated carbocycles. The Morgan fingerprint density at radius 1 is 1.32 bits per heavy atom. The highest BCUT2D eigenvalue weighted by molar-refractivity contribution is 7.14. The number of benzene rings is 1. The van der Waals surface area contributed by atoms with Gasteiger partial charge in [0.2, 0.25) is 5.91 Å².